The third-order valence-electron chi connectivity index (χ3n) is 2.25. The molecule has 0 saturated heterocycles. The molecule has 0 spiro atoms. The van der Waals surface area contributed by atoms with E-state index in [-0.39, 0.29) is 5.91 Å². The molecule has 0 bridgehead atoms. The first-order chi connectivity index (χ1) is 8.17. The largest absolute Gasteiger partial charge is 0.382 e. The van der Waals surface area contributed by atoms with Gasteiger partial charge in [-0.1, -0.05) is 13.0 Å². The van der Waals surface area contributed by atoms with E-state index in [2.05, 4.69) is 5.32 Å². The highest BCUT2D eigenvalue weighted by atomic mass is 16.1. The number of hydrogen-bond acceptors (Lipinski definition) is 3. The fourth-order valence-electron chi connectivity index (χ4n) is 1.23. The molecule has 1 aliphatic carbocycles. The summed E-state index contributed by atoms with van der Waals surface area (Å²) in [7, 11) is 0. The van der Waals surface area contributed by atoms with Gasteiger partial charge in [-0.15, -0.1) is 0 Å². The van der Waals surface area contributed by atoms with Crippen LogP contribution in [0.25, 0.3) is 0 Å². The van der Waals surface area contributed by atoms with Gasteiger partial charge in [0.2, 0.25) is 5.91 Å². The van der Waals surface area contributed by atoms with Crippen LogP contribution in [-0.2, 0) is 0 Å². The molecular formula is C13H17N3O. The van der Waals surface area contributed by atoms with Gasteiger partial charge in [-0.25, -0.2) is 0 Å². The number of primary amides is 1. The Kier molecular flexibility index (Phi) is 5.02. The lowest BCUT2D eigenvalue weighted by Crippen LogP contribution is -2.11. The summed E-state index contributed by atoms with van der Waals surface area (Å²) in [6.45, 7) is 1.82. The van der Waals surface area contributed by atoms with Gasteiger partial charge in [0.05, 0.1) is 6.07 Å². The number of benzene rings is 1. The highest BCUT2D eigenvalue weighted by Gasteiger charge is 2.20. The lowest BCUT2D eigenvalue weighted by Gasteiger charge is -2.04. The first-order valence-electron chi connectivity index (χ1n) is 5.70. The predicted octanol–water partition coefficient (Wildman–Crippen LogP) is 2.28. The fraction of sp³-hybridized carbons (Fsp3) is 0.385. The summed E-state index contributed by atoms with van der Waals surface area (Å²) in [6.07, 6.45) is 3.07. The van der Waals surface area contributed by atoms with E-state index in [0.717, 1.165) is 5.69 Å². The molecule has 90 valence electrons. The van der Waals surface area contributed by atoms with Crippen LogP contribution >= 0.6 is 0 Å². The molecular weight excluding hydrogens is 214 g/mol. The van der Waals surface area contributed by atoms with Crippen molar-refractivity contribution in [3.8, 4) is 6.07 Å². The molecule has 1 amide bonds. The minimum absolute atomic E-state index is 0.376. The van der Waals surface area contributed by atoms with Crippen molar-refractivity contribution in [1.82, 2.24) is 0 Å². The van der Waals surface area contributed by atoms with Crippen molar-refractivity contribution in [2.45, 2.75) is 32.2 Å². The molecule has 2 rings (SSSR count). The van der Waals surface area contributed by atoms with E-state index in [1.807, 2.05) is 25.1 Å². The number of nitrogens with zero attached hydrogens (tertiary/aromatic N) is 1. The summed E-state index contributed by atoms with van der Waals surface area (Å²) < 4.78 is 0. The number of amides is 1. The maximum absolute atomic E-state index is 10.8. The van der Waals surface area contributed by atoms with Gasteiger partial charge in [0.1, 0.15) is 0 Å². The van der Waals surface area contributed by atoms with E-state index in [1.54, 1.807) is 12.1 Å². The van der Waals surface area contributed by atoms with Crippen LogP contribution in [0.1, 0.15) is 36.5 Å². The first-order valence-corrected chi connectivity index (χ1v) is 5.70. The zero-order chi connectivity index (χ0) is 12.7. The number of carbonyl (C=O) groups is 1. The van der Waals surface area contributed by atoms with Gasteiger partial charge in [-0.2, -0.15) is 5.26 Å². The molecule has 4 heteroatoms. The number of nitrogens with one attached hydrogen (secondary N) is 1. The molecule has 4 nitrogen and oxygen atoms in total. The smallest absolute Gasteiger partial charge is 0.248 e. The number of rotatable bonds is 3. The van der Waals surface area contributed by atoms with Crippen LogP contribution in [0, 0.1) is 11.3 Å². The van der Waals surface area contributed by atoms with Crippen LogP contribution in [-0.4, -0.2) is 11.9 Å². The van der Waals surface area contributed by atoms with Gasteiger partial charge >= 0.3 is 0 Å². The minimum Gasteiger partial charge on any atom is -0.382 e. The number of anilines is 1. The molecule has 0 aromatic heterocycles. The number of carbonyl (C=O) groups excluding carboxylic acids is 1. The molecule has 0 radical (unpaired) electrons. The van der Waals surface area contributed by atoms with Crippen LogP contribution in [0.3, 0.4) is 0 Å². The van der Waals surface area contributed by atoms with Gasteiger partial charge in [-0.3, -0.25) is 4.79 Å². The minimum atomic E-state index is -0.376. The van der Waals surface area contributed by atoms with Crippen molar-refractivity contribution in [3.63, 3.8) is 0 Å². The van der Waals surface area contributed by atoms with Gasteiger partial charge in [0.25, 0.3) is 0 Å². The quantitative estimate of drug-likeness (QED) is 0.837. The number of hydrogen-bond donors (Lipinski definition) is 2. The Hall–Kier alpha value is -2.02. The van der Waals surface area contributed by atoms with Gasteiger partial charge in [-0.05, 0) is 31.0 Å². The average Bonchev–Trinajstić information content (AvgIpc) is 3.13. The Morgan fingerprint density at radius 1 is 1.59 bits per heavy atom. The summed E-state index contributed by atoms with van der Waals surface area (Å²) in [4.78, 5) is 10.8. The third-order valence-corrected chi connectivity index (χ3v) is 2.25. The van der Waals surface area contributed by atoms with Crippen molar-refractivity contribution in [3.05, 3.63) is 29.8 Å². The Morgan fingerprint density at radius 2 is 2.24 bits per heavy atom. The van der Waals surface area contributed by atoms with Crippen LogP contribution in [0.5, 0.6) is 0 Å². The van der Waals surface area contributed by atoms with Crippen molar-refractivity contribution in [2.24, 2.45) is 5.73 Å². The Balaban J connectivity index is 0.000000317. The SMILES string of the molecule is CCC#N.NC(=O)c1cccc(NC2CC2)c1. The lowest BCUT2D eigenvalue weighted by atomic mass is 10.2. The van der Waals surface area contributed by atoms with Gasteiger partial charge in [0.15, 0.2) is 0 Å². The molecule has 1 aromatic carbocycles. The summed E-state index contributed by atoms with van der Waals surface area (Å²) in [6, 6.07) is 9.83. The van der Waals surface area contributed by atoms with Crippen molar-refractivity contribution in [2.75, 3.05) is 5.32 Å². The fourth-order valence-corrected chi connectivity index (χ4v) is 1.23. The Morgan fingerprint density at radius 3 is 2.71 bits per heavy atom. The second-order valence-electron chi connectivity index (χ2n) is 3.88. The standard InChI is InChI=1S/C10H12N2O.C3H5N/c11-10(13)7-2-1-3-9(6-7)12-8-4-5-8;1-2-3-4/h1-3,6,8,12H,4-5H2,(H2,11,13);2H2,1H3. The monoisotopic (exact) mass is 231 g/mol. The lowest BCUT2D eigenvalue weighted by molar-refractivity contribution is 0.100. The molecule has 3 N–H and O–H groups in total. The van der Waals surface area contributed by atoms with E-state index in [0.29, 0.717) is 18.0 Å². The second-order valence-corrected chi connectivity index (χ2v) is 3.88. The van der Waals surface area contributed by atoms with Crippen molar-refractivity contribution in [1.29, 1.82) is 5.26 Å². The molecule has 1 fully saturated rings. The zero-order valence-corrected chi connectivity index (χ0v) is 9.94. The Labute approximate surface area is 101 Å². The summed E-state index contributed by atoms with van der Waals surface area (Å²) in [5, 5.41) is 10.9. The predicted molar refractivity (Wildman–Crippen MR) is 67.5 cm³/mol. The molecule has 0 aliphatic heterocycles. The van der Waals surface area contributed by atoms with Crippen LogP contribution in [0.15, 0.2) is 24.3 Å². The normalized spacial score (nSPS) is 12.9. The van der Waals surface area contributed by atoms with Gasteiger partial charge in [0, 0.05) is 23.7 Å². The molecule has 1 aromatic rings. The number of nitriles is 1. The van der Waals surface area contributed by atoms with E-state index in [9.17, 15) is 4.79 Å². The summed E-state index contributed by atoms with van der Waals surface area (Å²) in [5.41, 5.74) is 6.71. The molecule has 1 aliphatic rings. The van der Waals surface area contributed by atoms with E-state index in [4.69, 9.17) is 11.0 Å². The topological polar surface area (TPSA) is 78.9 Å². The van der Waals surface area contributed by atoms with Crippen LogP contribution in [0.2, 0.25) is 0 Å². The zero-order valence-electron chi connectivity index (χ0n) is 9.94. The second kappa shape index (κ2) is 6.54. The van der Waals surface area contributed by atoms with Gasteiger partial charge < -0.3 is 11.1 Å². The van der Waals surface area contributed by atoms with Crippen LogP contribution in [0.4, 0.5) is 5.69 Å². The third kappa shape index (κ3) is 5.03. The highest BCUT2D eigenvalue weighted by molar-refractivity contribution is 5.93. The maximum Gasteiger partial charge on any atom is 0.248 e. The average molecular weight is 231 g/mol. The highest BCUT2D eigenvalue weighted by Crippen LogP contribution is 2.24. The maximum atomic E-state index is 10.8. The molecule has 1 saturated carbocycles. The van der Waals surface area contributed by atoms with E-state index >= 15 is 0 Å². The number of nitrogens with two attached hydrogens (primary N) is 1. The molecule has 0 unspecified atom stereocenters. The van der Waals surface area contributed by atoms with Crippen molar-refractivity contribution >= 4 is 11.6 Å². The molecule has 17 heavy (non-hydrogen) atoms. The Bertz CT molecular complexity index is 419. The van der Waals surface area contributed by atoms with E-state index < -0.39 is 0 Å². The summed E-state index contributed by atoms with van der Waals surface area (Å²) in [5.74, 6) is -0.376. The summed E-state index contributed by atoms with van der Waals surface area (Å²) >= 11 is 0. The first kappa shape index (κ1) is 13.0. The molecule has 0 heterocycles. The van der Waals surface area contributed by atoms with Crippen molar-refractivity contribution < 1.29 is 4.79 Å². The molecule has 0 atom stereocenters. The van der Waals surface area contributed by atoms with E-state index in [1.165, 1.54) is 12.8 Å². The van der Waals surface area contributed by atoms with Crippen LogP contribution < -0.4 is 11.1 Å².